The summed E-state index contributed by atoms with van der Waals surface area (Å²) in [7, 11) is 0. The van der Waals surface area contributed by atoms with E-state index in [0.29, 0.717) is 18.0 Å². The van der Waals surface area contributed by atoms with Gasteiger partial charge in [0, 0.05) is 28.8 Å². The zero-order valence-electron chi connectivity index (χ0n) is 9.77. The summed E-state index contributed by atoms with van der Waals surface area (Å²) < 4.78 is 0.950. The molecule has 0 bridgehead atoms. The minimum absolute atomic E-state index is 0.317. The molecule has 0 saturated carbocycles. The van der Waals surface area contributed by atoms with Gasteiger partial charge in [0.25, 0.3) is 0 Å². The van der Waals surface area contributed by atoms with Crippen LogP contribution in [-0.4, -0.2) is 30.6 Å². The minimum atomic E-state index is -0.317. The molecule has 2 rings (SSSR count). The Balaban J connectivity index is 2.27. The van der Waals surface area contributed by atoms with Gasteiger partial charge in [-0.3, -0.25) is 4.79 Å². The molecule has 0 aromatic heterocycles. The number of halogens is 1. The third-order valence-corrected chi connectivity index (χ3v) is 3.87. The van der Waals surface area contributed by atoms with Gasteiger partial charge >= 0.3 is 0 Å². The molecule has 1 fully saturated rings. The van der Waals surface area contributed by atoms with Crippen molar-refractivity contribution in [3.63, 3.8) is 0 Å². The fourth-order valence-electron chi connectivity index (χ4n) is 2.16. The number of hydrogen-bond acceptors (Lipinski definition) is 3. The molecule has 0 radical (unpaired) electrons. The molecule has 3 nitrogen and oxygen atoms in total. The first-order valence-corrected chi connectivity index (χ1v) is 6.59. The summed E-state index contributed by atoms with van der Waals surface area (Å²) in [6.07, 6.45) is 1.50. The third kappa shape index (κ3) is 2.69. The van der Waals surface area contributed by atoms with E-state index < -0.39 is 0 Å². The first-order valence-electron chi connectivity index (χ1n) is 5.79. The fraction of sp³-hybridized carbons (Fsp3) is 0.462. The van der Waals surface area contributed by atoms with Gasteiger partial charge < -0.3 is 10.0 Å². The lowest BCUT2D eigenvalue weighted by Gasteiger charge is -2.36. The Bertz CT molecular complexity index is 422. The predicted molar refractivity (Wildman–Crippen MR) is 71.5 cm³/mol. The van der Waals surface area contributed by atoms with Crippen LogP contribution in [-0.2, 0) is 0 Å². The number of nitrogens with zero attached hydrogens (tertiary/aromatic N) is 1. The van der Waals surface area contributed by atoms with Crippen molar-refractivity contribution in [1.82, 2.24) is 0 Å². The number of anilines is 1. The lowest BCUT2D eigenvalue weighted by Crippen LogP contribution is -2.43. The highest BCUT2D eigenvalue weighted by molar-refractivity contribution is 9.10. The molecule has 92 valence electrons. The first kappa shape index (κ1) is 12.6. The number of rotatable bonds is 2. The van der Waals surface area contributed by atoms with E-state index in [1.807, 2.05) is 12.1 Å². The van der Waals surface area contributed by atoms with Crippen LogP contribution in [0, 0.1) is 5.92 Å². The van der Waals surface area contributed by atoms with E-state index in [4.69, 9.17) is 0 Å². The Morgan fingerprint density at radius 2 is 2.29 bits per heavy atom. The molecule has 2 atom stereocenters. The van der Waals surface area contributed by atoms with Crippen LogP contribution in [0.25, 0.3) is 0 Å². The van der Waals surface area contributed by atoms with Crippen molar-refractivity contribution < 1.29 is 9.90 Å². The Kier molecular flexibility index (Phi) is 3.84. The molecular formula is C13H16BrNO2. The molecule has 0 spiro atoms. The summed E-state index contributed by atoms with van der Waals surface area (Å²) in [5, 5.41) is 9.90. The summed E-state index contributed by atoms with van der Waals surface area (Å²) in [5.74, 6) is 0.332. The first-order chi connectivity index (χ1) is 8.11. The number of benzene rings is 1. The highest BCUT2D eigenvalue weighted by Crippen LogP contribution is 2.28. The Hall–Kier alpha value is -0.870. The molecule has 1 aromatic carbocycles. The van der Waals surface area contributed by atoms with Crippen molar-refractivity contribution in [2.75, 3.05) is 18.0 Å². The van der Waals surface area contributed by atoms with Gasteiger partial charge in [0.05, 0.1) is 6.10 Å². The molecule has 1 aromatic rings. The molecular weight excluding hydrogens is 282 g/mol. The number of carbonyl (C=O) groups is 1. The Morgan fingerprint density at radius 3 is 2.94 bits per heavy atom. The van der Waals surface area contributed by atoms with Gasteiger partial charge in [-0.25, -0.2) is 0 Å². The number of carbonyl (C=O) groups excluding carboxylic acids is 1. The van der Waals surface area contributed by atoms with Crippen molar-refractivity contribution in [2.24, 2.45) is 5.92 Å². The van der Waals surface area contributed by atoms with Crippen molar-refractivity contribution in [1.29, 1.82) is 0 Å². The van der Waals surface area contributed by atoms with E-state index in [1.54, 1.807) is 6.07 Å². The summed E-state index contributed by atoms with van der Waals surface area (Å²) in [6.45, 7) is 3.54. The average Bonchev–Trinajstić information content (AvgIpc) is 2.32. The predicted octanol–water partition coefficient (Wildman–Crippen LogP) is 2.47. The van der Waals surface area contributed by atoms with Crippen LogP contribution in [0.5, 0.6) is 0 Å². The summed E-state index contributed by atoms with van der Waals surface area (Å²) in [6, 6.07) is 5.60. The number of aliphatic hydroxyl groups excluding tert-OH is 1. The van der Waals surface area contributed by atoms with E-state index in [9.17, 15) is 9.90 Å². The van der Waals surface area contributed by atoms with Gasteiger partial charge in [-0.2, -0.15) is 0 Å². The van der Waals surface area contributed by atoms with Crippen LogP contribution in [0.3, 0.4) is 0 Å². The van der Waals surface area contributed by atoms with Gasteiger partial charge in [-0.1, -0.05) is 22.9 Å². The average molecular weight is 298 g/mol. The smallest absolute Gasteiger partial charge is 0.152 e. The van der Waals surface area contributed by atoms with Gasteiger partial charge in [0.2, 0.25) is 0 Å². The number of aldehydes is 1. The van der Waals surface area contributed by atoms with Crippen molar-refractivity contribution in [3.8, 4) is 0 Å². The second kappa shape index (κ2) is 5.19. The molecule has 17 heavy (non-hydrogen) atoms. The monoisotopic (exact) mass is 297 g/mol. The van der Waals surface area contributed by atoms with Crippen LogP contribution in [0.15, 0.2) is 22.7 Å². The lowest BCUT2D eigenvalue weighted by atomic mass is 9.95. The maximum Gasteiger partial charge on any atom is 0.152 e. The molecule has 2 unspecified atom stereocenters. The molecule has 1 N–H and O–H groups in total. The normalized spacial score (nSPS) is 24.8. The number of aliphatic hydroxyl groups is 1. The molecule has 1 aliphatic rings. The van der Waals surface area contributed by atoms with E-state index in [0.717, 1.165) is 29.4 Å². The number of piperidine rings is 1. The van der Waals surface area contributed by atoms with E-state index in [1.165, 1.54) is 0 Å². The van der Waals surface area contributed by atoms with Gasteiger partial charge in [0.1, 0.15) is 0 Å². The SMILES string of the molecule is CC1CCN(c2cc(Br)ccc2C=O)CC1O. The second-order valence-electron chi connectivity index (χ2n) is 4.60. The molecule has 1 aliphatic heterocycles. The van der Waals surface area contributed by atoms with Gasteiger partial charge in [0.15, 0.2) is 6.29 Å². The van der Waals surface area contributed by atoms with Crippen LogP contribution in [0.4, 0.5) is 5.69 Å². The van der Waals surface area contributed by atoms with Crippen molar-refractivity contribution in [3.05, 3.63) is 28.2 Å². The standard InChI is InChI=1S/C13H16BrNO2/c1-9-4-5-15(7-13(9)17)12-6-11(14)3-2-10(12)8-16/h2-3,6,8-9,13,17H,4-5,7H2,1H3. The Labute approximate surface area is 110 Å². The van der Waals surface area contributed by atoms with Gasteiger partial charge in [-0.15, -0.1) is 0 Å². The molecule has 0 amide bonds. The van der Waals surface area contributed by atoms with Crippen LogP contribution >= 0.6 is 15.9 Å². The van der Waals surface area contributed by atoms with E-state index >= 15 is 0 Å². The third-order valence-electron chi connectivity index (χ3n) is 3.38. The molecule has 1 saturated heterocycles. The second-order valence-corrected chi connectivity index (χ2v) is 5.52. The zero-order valence-corrected chi connectivity index (χ0v) is 11.4. The quantitative estimate of drug-likeness (QED) is 0.853. The Morgan fingerprint density at radius 1 is 1.53 bits per heavy atom. The highest BCUT2D eigenvalue weighted by atomic mass is 79.9. The molecule has 4 heteroatoms. The zero-order chi connectivity index (χ0) is 12.4. The molecule has 0 aliphatic carbocycles. The maximum atomic E-state index is 11.0. The number of hydrogen-bond donors (Lipinski definition) is 1. The van der Waals surface area contributed by atoms with E-state index in [2.05, 4.69) is 27.8 Å². The minimum Gasteiger partial charge on any atom is -0.391 e. The summed E-state index contributed by atoms with van der Waals surface area (Å²) in [5.41, 5.74) is 1.58. The number of β-amino-alcohol motifs (C(OH)–C–C–N with tert-alkyl or cyclic N) is 1. The van der Waals surface area contributed by atoms with E-state index in [-0.39, 0.29) is 6.10 Å². The van der Waals surface area contributed by atoms with Crippen LogP contribution in [0.2, 0.25) is 0 Å². The van der Waals surface area contributed by atoms with Crippen molar-refractivity contribution in [2.45, 2.75) is 19.4 Å². The highest BCUT2D eigenvalue weighted by Gasteiger charge is 2.25. The largest absolute Gasteiger partial charge is 0.391 e. The van der Waals surface area contributed by atoms with Gasteiger partial charge in [-0.05, 0) is 30.5 Å². The lowest BCUT2D eigenvalue weighted by molar-refractivity contribution is 0.102. The fourth-order valence-corrected chi connectivity index (χ4v) is 2.51. The van der Waals surface area contributed by atoms with Crippen molar-refractivity contribution >= 4 is 27.9 Å². The topological polar surface area (TPSA) is 40.5 Å². The summed E-state index contributed by atoms with van der Waals surface area (Å²) >= 11 is 3.41. The maximum absolute atomic E-state index is 11.0. The van der Waals surface area contributed by atoms with Crippen LogP contribution < -0.4 is 4.90 Å². The summed E-state index contributed by atoms with van der Waals surface area (Å²) in [4.78, 5) is 13.1. The van der Waals surface area contributed by atoms with Crippen LogP contribution in [0.1, 0.15) is 23.7 Å². The molecule has 1 heterocycles.